The van der Waals surface area contributed by atoms with Gasteiger partial charge in [0.05, 0.1) is 24.8 Å². The predicted molar refractivity (Wildman–Crippen MR) is 112 cm³/mol. The minimum atomic E-state index is -0.600. The molecule has 7 nitrogen and oxygen atoms in total. The summed E-state index contributed by atoms with van der Waals surface area (Å²) in [4.78, 5) is 38.6. The molecule has 2 atom stereocenters. The lowest BCUT2D eigenvalue weighted by molar-refractivity contribution is -0.151. The Labute approximate surface area is 179 Å². The van der Waals surface area contributed by atoms with Gasteiger partial charge in [-0.3, -0.25) is 14.4 Å². The van der Waals surface area contributed by atoms with Crippen molar-refractivity contribution < 1.29 is 23.9 Å². The van der Waals surface area contributed by atoms with Crippen LogP contribution in [0.15, 0.2) is 48.5 Å². The Morgan fingerprint density at radius 2 is 1.97 bits per heavy atom. The van der Waals surface area contributed by atoms with Gasteiger partial charge in [0.2, 0.25) is 5.91 Å². The third-order valence-electron chi connectivity index (χ3n) is 5.02. The quantitative estimate of drug-likeness (QED) is 0.680. The SMILES string of the molecule is COc1ccc(Cl)cc1NC(=O)COC(=O)[C@@H]1CC(=O)N([C@@H](C)c2ccccc2)C1. The van der Waals surface area contributed by atoms with Crippen LogP contribution in [0.3, 0.4) is 0 Å². The number of halogens is 1. The summed E-state index contributed by atoms with van der Waals surface area (Å²) in [5.74, 6) is -1.37. The van der Waals surface area contributed by atoms with Crippen LogP contribution in [0.25, 0.3) is 0 Å². The van der Waals surface area contributed by atoms with Crippen LogP contribution < -0.4 is 10.1 Å². The highest BCUT2D eigenvalue weighted by atomic mass is 35.5. The van der Waals surface area contributed by atoms with Gasteiger partial charge < -0.3 is 19.7 Å². The summed E-state index contributed by atoms with van der Waals surface area (Å²) in [5, 5.41) is 3.03. The maximum atomic E-state index is 12.4. The molecular formula is C22H23ClN2O5. The van der Waals surface area contributed by atoms with E-state index in [0.717, 1.165) is 5.56 Å². The van der Waals surface area contributed by atoms with E-state index in [1.807, 2.05) is 37.3 Å². The molecule has 8 heteroatoms. The Balaban J connectivity index is 1.53. The van der Waals surface area contributed by atoms with Crippen molar-refractivity contribution in [2.75, 3.05) is 25.6 Å². The molecule has 1 fully saturated rings. The second-order valence-corrected chi connectivity index (χ2v) is 7.47. The summed E-state index contributed by atoms with van der Waals surface area (Å²) in [5.41, 5.74) is 1.37. The van der Waals surface area contributed by atoms with Gasteiger partial charge >= 0.3 is 5.97 Å². The van der Waals surface area contributed by atoms with Crippen molar-refractivity contribution in [2.24, 2.45) is 5.92 Å². The van der Waals surface area contributed by atoms with E-state index in [1.165, 1.54) is 7.11 Å². The Morgan fingerprint density at radius 3 is 2.67 bits per heavy atom. The molecule has 1 saturated heterocycles. The van der Waals surface area contributed by atoms with E-state index in [1.54, 1.807) is 23.1 Å². The third kappa shape index (κ3) is 5.10. The van der Waals surface area contributed by atoms with E-state index in [4.69, 9.17) is 21.1 Å². The van der Waals surface area contributed by atoms with E-state index in [2.05, 4.69) is 5.32 Å². The van der Waals surface area contributed by atoms with Crippen LogP contribution in [0, 0.1) is 5.92 Å². The second-order valence-electron chi connectivity index (χ2n) is 7.03. The van der Waals surface area contributed by atoms with Crippen molar-refractivity contribution in [1.82, 2.24) is 4.90 Å². The highest BCUT2D eigenvalue weighted by molar-refractivity contribution is 6.31. The first-order chi connectivity index (χ1) is 14.4. The van der Waals surface area contributed by atoms with E-state index in [9.17, 15) is 14.4 Å². The summed E-state index contributed by atoms with van der Waals surface area (Å²) in [6, 6.07) is 14.3. The molecule has 1 heterocycles. The number of likely N-dealkylation sites (tertiary alicyclic amines) is 1. The molecule has 0 spiro atoms. The number of nitrogens with zero attached hydrogens (tertiary/aromatic N) is 1. The number of carbonyl (C=O) groups excluding carboxylic acids is 3. The van der Waals surface area contributed by atoms with Crippen LogP contribution in [0.5, 0.6) is 5.75 Å². The molecule has 30 heavy (non-hydrogen) atoms. The summed E-state index contributed by atoms with van der Waals surface area (Å²) >= 11 is 5.94. The fraction of sp³-hybridized carbons (Fsp3) is 0.318. The van der Waals surface area contributed by atoms with Gasteiger partial charge in [0.25, 0.3) is 5.91 Å². The number of amides is 2. The molecule has 158 valence electrons. The van der Waals surface area contributed by atoms with Crippen molar-refractivity contribution in [3.05, 3.63) is 59.1 Å². The van der Waals surface area contributed by atoms with Gasteiger partial charge in [0.15, 0.2) is 6.61 Å². The number of nitrogens with one attached hydrogen (secondary N) is 1. The van der Waals surface area contributed by atoms with Crippen molar-refractivity contribution in [1.29, 1.82) is 0 Å². The largest absolute Gasteiger partial charge is 0.495 e. The van der Waals surface area contributed by atoms with Crippen molar-refractivity contribution >= 4 is 35.1 Å². The topological polar surface area (TPSA) is 84.9 Å². The highest BCUT2D eigenvalue weighted by Crippen LogP contribution is 2.29. The number of hydrogen-bond acceptors (Lipinski definition) is 5. The molecule has 2 amide bonds. The van der Waals surface area contributed by atoms with Crippen LogP contribution >= 0.6 is 11.6 Å². The number of esters is 1. The molecule has 0 saturated carbocycles. The molecule has 2 aromatic rings. The van der Waals surface area contributed by atoms with Gasteiger partial charge in [-0.2, -0.15) is 0 Å². The number of ether oxygens (including phenoxy) is 2. The van der Waals surface area contributed by atoms with E-state index in [0.29, 0.717) is 16.5 Å². The van der Waals surface area contributed by atoms with Crippen molar-refractivity contribution in [3.8, 4) is 5.75 Å². The van der Waals surface area contributed by atoms with Gasteiger partial charge in [0, 0.05) is 18.0 Å². The smallest absolute Gasteiger partial charge is 0.311 e. The first kappa shape index (κ1) is 21.6. The van der Waals surface area contributed by atoms with Gasteiger partial charge in [-0.15, -0.1) is 0 Å². The fourth-order valence-corrected chi connectivity index (χ4v) is 3.57. The number of hydrogen-bond donors (Lipinski definition) is 1. The zero-order chi connectivity index (χ0) is 21.7. The zero-order valence-electron chi connectivity index (χ0n) is 16.8. The molecule has 1 aliphatic heterocycles. The molecule has 1 aliphatic rings. The first-order valence-electron chi connectivity index (χ1n) is 9.53. The number of carbonyl (C=O) groups is 3. The Kier molecular flexibility index (Phi) is 6.95. The molecule has 0 aliphatic carbocycles. The summed E-state index contributed by atoms with van der Waals surface area (Å²) < 4.78 is 10.3. The maximum Gasteiger partial charge on any atom is 0.311 e. The Hall–Kier alpha value is -3.06. The molecule has 3 rings (SSSR count). The minimum absolute atomic E-state index is 0.0692. The number of rotatable bonds is 7. The highest BCUT2D eigenvalue weighted by Gasteiger charge is 2.38. The van der Waals surface area contributed by atoms with Crippen LogP contribution in [0.2, 0.25) is 5.02 Å². The normalized spacial score (nSPS) is 16.8. The summed E-state index contributed by atoms with van der Waals surface area (Å²) in [7, 11) is 1.47. The fourth-order valence-electron chi connectivity index (χ4n) is 3.39. The average molecular weight is 431 g/mol. The van der Waals surface area contributed by atoms with Gasteiger partial charge in [-0.25, -0.2) is 0 Å². The Morgan fingerprint density at radius 1 is 1.23 bits per heavy atom. The second kappa shape index (κ2) is 9.63. The van der Waals surface area contributed by atoms with E-state index in [-0.39, 0.29) is 24.9 Å². The van der Waals surface area contributed by atoms with Gasteiger partial charge in [-0.05, 0) is 30.7 Å². The van der Waals surface area contributed by atoms with E-state index >= 15 is 0 Å². The molecule has 0 aromatic heterocycles. The monoisotopic (exact) mass is 430 g/mol. The maximum absolute atomic E-state index is 12.4. The lowest BCUT2D eigenvalue weighted by Gasteiger charge is -2.25. The van der Waals surface area contributed by atoms with Crippen LogP contribution in [-0.4, -0.2) is 42.9 Å². The Bertz CT molecular complexity index is 934. The van der Waals surface area contributed by atoms with Crippen LogP contribution in [-0.2, 0) is 19.1 Å². The molecule has 0 bridgehead atoms. The molecular weight excluding hydrogens is 408 g/mol. The lowest BCUT2D eigenvalue weighted by Crippen LogP contribution is -2.30. The summed E-state index contributed by atoms with van der Waals surface area (Å²) in [6.07, 6.45) is 0.0692. The van der Waals surface area contributed by atoms with Crippen LogP contribution in [0.4, 0.5) is 5.69 Å². The molecule has 2 aromatic carbocycles. The third-order valence-corrected chi connectivity index (χ3v) is 5.26. The van der Waals surface area contributed by atoms with Crippen molar-refractivity contribution in [2.45, 2.75) is 19.4 Å². The zero-order valence-corrected chi connectivity index (χ0v) is 17.5. The summed E-state index contributed by atoms with van der Waals surface area (Å²) in [6.45, 7) is 1.72. The molecule has 0 unspecified atom stereocenters. The number of anilines is 1. The predicted octanol–water partition coefficient (Wildman–Crippen LogP) is 3.44. The first-order valence-corrected chi connectivity index (χ1v) is 9.91. The average Bonchev–Trinajstić information content (AvgIpc) is 3.14. The van der Waals surface area contributed by atoms with E-state index < -0.39 is 24.4 Å². The number of methoxy groups -OCH3 is 1. The number of benzene rings is 2. The van der Waals surface area contributed by atoms with Crippen LogP contribution in [0.1, 0.15) is 24.9 Å². The molecule has 1 N–H and O–H groups in total. The van der Waals surface area contributed by atoms with Gasteiger partial charge in [-0.1, -0.05) is 41.9 Å². The van der Waals surface area contributed by atoms with Crippen molar-refractivity contribution in [3.63, 3.8) is 0 Å². The van der Waals surface area contributed by atoms with Gasteiger partial charge in [0.1, 0.15) is 5.75 Å². The minimum Gasteiger partial charge on any atom is -0.495 e. The lowest BCUT2D eigenvalue weighted by atomic mass is 10.1. The standard InChI is InChI=1S/C22H23ClN2O5/c1-14(15-6-4-3-5-7-15)25-12-16(10-21(25)27)22(28)30-13-20(26)24-18-11-17(23)8-9-19(18)29-2/h3-9,11,14,16H,10,12-13H2,1-2H3,(H,24,26)/t14-,16+/m0/s1. The molecule has 0 radical (unpaired) electrons.